The van der Waals surface area contributed by atoms with E-state index in [0.29, 0.717) is 0 Å². The molecule has 98 valence electrons. The number of hydrogen-bond donors (Lipinski definition) is 2. The van der Waals surface area contributed by atoms with E-state index in [1.165, 1.54) is 0 Å². The number of aryl methyl sites for hydroxylation is 1. The van der Waals surface area contributed by atoms with Crippen LogP contribution in [0, 0.1) is 12.3 Å². The summed E-state index contributed by atoms with van der Waals surface area (Å²) in [6.07, 6.45) is 1.15. The number of nitrogens with zero attached hydrogens (tertiary/aromatic N) is 2. The molecular formula is C14H22N4. The second-order valence-corrected chi connectivity index (χ2v) is 5.08. The Hall–Kier alpha value is -1.55. The highest BCUT2D eigenvalue weighted by molar-refractivity contribution is 6.00. The standard InChI is InChI=1S/C14H22N4/c1-11-4-5-13(12(10-11)14(15)16)18-7-3-6-17(2)8-9-18/h4-5,10H,3,6-9H2,1-2H3,(H3,15,16). The Morgan fingerprint density at radius 3 is 2.72 bits per heavy atom. The van der Waals surface area contributed by atoms with Gasteiger partial charge in [0.05, 0.1) is 0 Å². The summed E-state index contributed by atoms with van der Waals surface area (Å²) in [5.41, 5.74) is 8.81. The average Bonchev–Trinajstić information content (AvgIpc) is 2.54. The fourth-order valence-electron chi connectivity index (χ4n) is 2.43. The van der Waals surface area contributed by atoms with Crippen molar-refractivity contribution >= 4 is 11.5 Å². The lowest BCUT2D eigenvalue weighted by molar-refractivity contribution is 0.360. The number of anilines is 1. The van der Waals surface area contributed by atoms with Gasteiger partial charge in [0.25, 0.3) is 0 Å². The van der Waals surface area contributed by atoms with Crippen molar-refractivity contribution in [2.24, 2.45) is 5.73 Å². The lowest BCUT2D eigenvalue weighted by Crippen LogP contribution is -2.30. The van der Waals surface area contributed by atoms with Gasteiger partial charge < -0.3 is 15.5 Å². The molecule has 0 amide bonds. The predicted molar refractivity (Wildman–Crippen MR) is 76.5 cm³/mol. The van der Waals surface area contributed by atoms with Gasteiger partial charge in [0.1, 0.15) is 5.84 Å². The first-order chi connectivity index (χ1) is 8.58. The summed E-state index contributed by atoms with van der Waals surface area (Å²) >= 11 is 0. The van der Waals surface area contributed by atoms with Gasteiger partial charge in [0.15, 0.2) is 0 Å². The molecule has 0 unspecified atom stereocenters. The molecule has 4 heteroatoms. The predicted octanol–water partition coefficient (Wildman–Crippen LogP) is 1.42. The SMILES string of the molecule is Cc1ccc(N2CCCN(C)CC2)c(C(=N)N)c1. The second-order valence-electron chi connectivity index (χ2n) is 5.08. The van der Waals surface area contributed by atoms with E-state index in [0.717, 1.165) is 49.4 Å². The van der Waals surface area contributed by atoms with E-state index < -0.39 is 0 Å². The van der Waals surface area contributed by atoms with Gasteiger partial charge in [0.2, 0.25) is 0 Å². The van der Waals surface area contributed by atoms with Crippen molar-refractivity contribution in [3.8, 4) is 0 Å². The molecule has 0 radical (unpaired) electrons. The minimum Gasteiger partial charge on any atom is -0.384 e. The Balaban J connectivity index is 2.29. The molecule has 1 aromatic rings. The molecule has 0 atom stereocenters. The molecule has 1 saturated heterocycles. The number of hydrogen-bond acceptors (Lipinski definition) is 3. The lowest BCUT2D eigenvalue weighted by Gasteiger charge is -2.25. The van der Waals surface area contributed by atoms with Crippen LogP contribution in [0.2, 0.25) is 0 Å². The topological polar surface area (TPSA) is 56.4 Å². The number of benzene rings is 1. The first-order valence-corrected chi connectivity index (χ1v) is 6.46. The molecule has 3 N–H and O–H groups in total. The highest BCUT2D eigenvalue weighted by Crippen LogP contribution is 2.22. The van der Waals surface area contributed by atoms with Crippen molar-refractivity contribution < 1.29 is 0 Å². The van der Waals surface area contributed by atoms with Crippen LogP contribution in [0.5, 0.6) is 0 Å². The van der Waals surface area contributed by atoms with Crippen molar-refractivity contribution in [3.05, 3.63) is 29.3 Å². The Bertz CT molecular complexity index is 441. The molecule has 1 heterocycles. The fraction of sp³-hybridized carbons (Fsp3) is 0.500. The molecule has 0 aliphatic carbocycles. The van der Waals surface area contributed by atoms with E-state index in [-0.39, 0.29) is 5.84 Å². The summed E-state index contributed by atoms with van der Waals surface area (Å²) in [6.45, 7) is 6.27. The molecule has 1 aliphatic rings. The zero-order valence-electron chi connectivity index (χ0n) is 11.2. The van der Waals surface area contributed by atoms with Gasteiger partial charge >= 0.3 is 0 Å². The van der Waals surface area contributed by atoms with Gasteiger partial charge in [0, 0.05) is 30.9 Å². The first kappa shape index (κ1) is 12.9. The summed E-state index contributed by atoms with van der Waals surface area (Å²) < 4.78 is 0. The van der Waals surface area contributed by atoms with Gasteiger partial charge in [-0.15, -0.1) is 0 Å². The van der Waals surface area contributed by atoms with Crippen LogP contribution < -0.4 is 10.6 Å². The fourth-order valence-corrected chi connectivity index (χ4v) is 2.43. The monoisotopic (exact) mass is 246 g/mol. The molecule has 0 spiro atoms. The molecule has 0 bridgehead atoms. The van der Waals surface area contributed by atoms with Gasteiger partial charge in [-0.05, 0) is 39.1 Å². The van der Waals surface area contributed by atoms with E-state index in [1.807, 2.05) is 13.0 Å². The maximum absolute atomic E-state index is 7.73. The van der Waals surface area contributed by atoms with E-state index in [4.69, 9.17) is 11.1 Å². The number of rotatable bonds is 2. The third kappa shape index (κ3) is 2.82. The highest BCUT2D eigenvalue weighted by atomic mass is 15.2. The zero-order valence-corrected chi connectivity index (χ0v) is 11.2. The van der Waals surface area contributed by atoms with Crippen LogP contribution in [0.15, 0.2) is 18.2 Å². The number of likely N-dealkylation sites (N-methyl/N-ethyl adjacent to an activating group) is 1. The van der Waals surface area contributed by atoms with E-state index in [1.54, 1.807) is 0 Å². The van der Waals surface area contributed by atoms with Crippen molar-refractivity contribution in [2.75, 3.05) is 38.1 Å². The van der Waals surface area contributed by atoms with Crippen LogP contribution >= 0.6 is 0 Å². The number of nitrogen functional groups attached to an aromatic ring is 1. The van der Waals surface area contributed by atoms with Gasteiger partial charge in [-0.25, -0.2) is 0 Å². The number of nitrogens with one attached hydrogen (secondary N) is 1. The Morgan fingerprint density at radius 1 is 1.22 bits per heavy atom. The van der Waals surface area contributed by atoms with Crippen molar-refractivity contribution in [2.45, 2.75) is 13.3 Å². The summed E-state index contributed by atoms with van der Waals surface area (Å²) in [4.78, 5) is 4.70. The molecule has 4 nitrogen and oxygen atoms in total. The molecule has 1 aromatic carbocycles. The summed E-state index contributed by atoms with van der Waals surface area (Å²) in [5, 5.41) is 7.73. The van der Waals surface area contributed by atoms with Gasteiger partial charge in [-0.1, -0.05) is 11.6 Å². The maximum atomic E-state index is 7.73. The minimum absolute atomic E-state index is 0.159. The first-order valence-electron chi connectivity index (χ1n) is 6.46. The Labute approximate surface area is 109 Å². The number of amidine groups is 1. The van der Waals surface area contributed by atoms with Crippen LogP contribution in [-0.4, -0.2) is 44.0 Å². The van der Waals surface area contributed by atoms with E-state index in [9.17, 15) is 0 Å². The summed E-state index contributed by atoms with van der Waals surface area (Å²) in [6, 6.07) is 6.19. The van der Waals surface area contributed by atoms with Gasteiger partial charge in [-0.2, -0.15) is 0 Å². The Morgan fingerprint density at radius 2 is 2.00 bits per heavy atom. The normalized spacial score (nSPS) is 17.6. The van der Waals surface area contributed by atoms with Crippen LogP contribution in [0.1, 0.15) is 17.5 Å². The quantitative estimate of drug-likeness (QED) is 0.613. The van der Waals surface area contributed by atoms with Crippen LogP contribution in [0.3, 0.4) is 0 Å². The lowest BCUT2D eigenvalue weighted by atomic mass is 10.1. The molecule has 1 fully saturated rings. The van der Waals surface area contributed by atoms with Crippen LogP contribution in [-0.2, 0) is 0 Å². The second kappa shape index (κ2) is 5.40. The third-order valence-corrected chi connectivity index (χ3v) is 3.50. The van der Waals surface area contributed by atoms with Crippen LogP contribution in [0.4, 0.5) is 5.69 Å². The van der Waals surface area contributed by atoms with Crippen molar-refractivity contribution in [1.82, 2.24) is 4.90 Å². The van der Waals surface area contributed by atoms with Crippen molar-refractivity contribution in [3.63, 3.8) is 0 Å². The smallest absolute Gasteiger partial charge is 0.124 e. The highest BCUT2D eigenvalue weighted by Gasteiger charge is 2.16. The number of nitrogens with two attached hydrogens (primary N) is 1. The molecule has 0 aromatic heterocycles. The minimum atomic E-state index is 0.159. The largest absolute Gasteiger partial charge is 0.384 e. The Kier molecular flexibility index (Phi) is 3.87. The maximum Gasteiger partial charge on any atom is 0.124 e. The average molecular weight is 246 g/mol. The van der Waals surface area contributed by atoms with E-state index in [2.05, 4.69) is 29.0 Å². The molecule has 18 heavy (non-hydrogen) atoms. The summed E-state index contributed by atoms with van der Waals surface area (Å²) in [7, 11) is 2.16. The molecule has 0 saturated carbocycles. The van der Waals surface area contributed by atoms with E-state index >= 15 is 0 Å². The molecular weight excluding hydrogens is 224 g/mol. The van der Waals surface area contributed by atoms with Crippen LogP contribution in [0.25, 0.3) is 0 Å². The molecule has 2 rings (SSSR count). The van der Waals surface area contributed by atoms with Crippen molar-refractivity contribution in [1.29, 1.82) is 5.41 Å². The summed E-state index contributed by atoms with van der Waals surface area (Å²) in [5.74, 6) is 0.159. The molecule has 1 aliphatic heterocycles. The van der Waals surface area contributed by atoms with Gasteiger partial charge in [-0.3, -0.25) is 5.41 Å². The third-order valence-electron chi connectivity index (χ3n) is 3.50. The zero-order chi connectivity index (χ0) is 13.1.